The Labute approximate surface area is 173 Å². The molecular weight excluding hydrogens is 382 g/mol. The van der Waals surface area contributed by atoms with Crippen LogP contribution < -0.4 is 10.1 Å². The van der Waals surface area contributed by atoms with Crippen LogP contribution in [0.1, 0.15) is 56.0 Å². The average molecular weight is 416 g/mol. The molecule has 1 aromatic carbocycles. The fraction of sp³-hybridized carbons (Fsp3) is 0.600. The summed E-state index contributed by atoms with van der Waals surface area (Å²) in [7, 11) is 0. The molecule has 2 N–H and O–H groups in total. The predicted molar refractivity (Wildman–Crippen MR) is 118 cm³/mol. The Morgan fingerprint density at radius 2 is 1.93 bits per heavy atom. The summed E-state index contributed by atoms with van der Waals surface area (Å²) in [6, 6.07) is 5.38. The van der Waals surface area contributed by atoms with Crippen molar-refractivity contribution in [1.29, 1.82) is 0 Å². The number of benzene rings is 1. The molecular formula is C20H33NO4S2. The Bertz CT molecular complexity index is 577. The van der Waals surface area contributed by atoms with E-state index in [1.807, 2.05) is 37.7 Å². The molecule has 0 aliphatic heterocycles. The molecule has 0 aliphatic carbocycles. The number of carboxylic acids is 1. The maximum atomic E-state index is 12.2. The Kier molecular flexibility index (Phi) is 14.0. The Hall–Kier alpha value is -1.34. The molecule has 27 heavy (non-hydrogen) atoms. The van der Waals surface area contributed by atoms with Crippen molar-refractivity contribution in [2.75, 3.05) is 30.9 Å². The number of ether oxygens (including phenoxy) is 1. The van der Waals surface area contributed by atoms with Gasteiger partial charge in [0.15, 0.2) is 0 Å². The molecule has 1 unspecified atom stereocenters. The van der Waals surface area contributed by atoms with Gasteiger partial charge < -0.3 is 15.2 Å². The highest BCUT2D eigenvalue weighted by atomic mass is 32.2. The average Bonchev–Trinajstić information content (AvgIpc) is 2.65. The summed E-state index contributed by atoms with van der Waals surface area (Å²) in [6.07, 6.45) is 2.98. The first kappa shape index (κ1) is 25.7. The van der Waals surface area contributed by atoms with E-state index in [0.29, 0.717) is 23.8 Å². The lowest BCUT2D eigenvalue weighted by Gasteiger charge is -2.15. The van der Waals surface area contributed by atoms with Gasteiger partial charge in [0.1, 0.15) is 12.3 Å². The number of nitrogens with one attached hydrogen (secondary N) is 1. The van der Waals surface area contributed by atoms with Gasteiger partial charge in [0.2, 0.25) is 0 Å². The largest absolute Gasteiger partial charge is 0.494 e. The van der Waals surface area contributed by atoms with Crippen LogP contribution in [0.4, 0.5) is 0 Å². The van der Waals surface area contributed by atoms with Crippen LogP contribution >= 0.6 is 24.4 Å². The van der Waals surface area contributed by atoms with Gasteiger partial charge in [-0.25, -0.2) is 0 Å². The van der Waals surface area contributed by atoms with Crippen molar-refractivity contribution in [2.24, 2.45) is 5.92 Å². The van der Waals surface area contributed by atoms with E-state index in [1.165, 1.54) is 5.75 Å². The number of carbonyl (C=O) groups excluding carboxylic acids is 1. The Morgan fingerprint density at radius 3 is 2.41 bits per heavy atom. The van der Waals surface area contributed by atoms with Crippen molar-refractivity contribution in [2.45, 2.75) is 40.0 Å². The van der Waals surface area contributed by atoms with Gasteiger partial charge in [-0.2, -0.15) is 24.4 Å². The van der Waals surface area contributed by atoms with Crippen molar-refractivity contribution in [3.05, 3.63) is 29.3 Å². The summed E-state index contributed by atoms with van der Waals surface area (Å²) in [6.45, 7) is 8.37. The molecule has 0 heterocycles. The van der Waals surface area contributed by atoms with Gasteiger partial charge in [0.05, 0.1) is 6.61 Å². The minimum atomic E-state index is -1.07. The second-order valence-electron chi connectivity index (χ2n) is 6.48. The van der Waals surface area contributed by atoms with Crippen LogP contribution in [-0.2, 0) is 4.79 Å². The fourth-order valence-electron chi connectivity index (χ4n) is 2.05. The molecule has 0 fully saturated rings. The first-order valence-electron chi connectivity index (χ1n) is 9.13. The summed E-state index contributed by atoms with van der Waals surface area (Å²) < 4.78 is 5.70. The minimum absolute atomic E-state index is 0.152. The van der Waals surface area contributed by atoms with Gasteiger partial charge in [-0.15, -0.1) is 0 Å². The lowest BCUT2D eigenvalue weighted by atomic mass is 9.96. The van der Waals surface area contributed by atoms with Crippen LogP contribution in [0, 0.1) is 5.92 Å². The van der Waals surface area contributed by atoms with Gasteiger partial charge in [-0.05, 0) is 53.7 Å². The standard InChI is InChI=1S/C17H25NO4S.C3H8S/c1-11(2)14-5-4-13(22-7-6-12(3)10-23)8-15(14)17(21)18-9-16(19)20;1-3-4-2/h4-5,8,11-12,23H,6-7,9-10H2,1-3H3,(H,18,21)(H,19,20);3H2,1-2H3. The molecule has 0 aromatic heterocycles. The summed E-state index contributed by atoms with van der Waals surface area (Å²) >= 11 is 6.09. The van der Waals surface area contributed by atoms with Gasteiger partial charge >= 0.3 is 5.97 Å². The molecule has 154 valence electrons. The van der Waals surface area contributed by atoms with E-state index in [2.05, 4.69) is 38.0 Å². The van der Waals surface area contributed by atoms with E-state index in [0.717, 1.165) is 17.7 Å². The van der Waals surface area contributed by atoms with Gasteiger partial charge in [-0.3, -0.25) is 9.59 Å². The lowest BCUT2D eigenvalue weighted by Crippen LogP contribution is -2.30. The highest BCUT2D eigenvalue weighted by molar-refractivity contribution is 7.98. The van der Waals surface area contributed by atoms with Crippen LogP contribution in [0.25, 0.3) is 0 Å². The zero-order valence-electron chi connectivity index (χ0n) is 16.9. The molecule has 1 rings (SSSR count). The van der Waals surface area contributed by atoms with Crippen LogP contribution in [0.2, 0.25) is 0 Å². The first-order valence-corrected chi connectivity index (χ1v) is 11.2. The molecule has 0 saturated carbocycles. The number of hydrogen-bond acceptors (Lipinski definition) is 5. The maximum Gasteiger partial charge on any atom is 0.322 e. The number of carbonyl (C=O) groups is 2. The molecule has 0 bridgehead atoms. The van der Waals surface area contributed by atoms with E-state index in [9.17, 15) is 9.59 Å². The Balaban J connectivity index is 0.00000153. The van der Waals surface area contributed by atoms with Crippen LogP contribution in [0.3, 0.4) is 0 Å². The van der Waals surface area contributed by atoms with Crippen LogP contribution in [0.5, 0.6) is 5.75 Å². The topological polar surface area (TPSA) is 75.6 Å². The number of thiol groups is 1. The number of rotatable bonds is 10. The number of amides is 1. The highest BCUT2D eigenvalue weighted by Gasteiger charge is 2.16. The third kappa shape index (κ3) is 11.2. The number of hydrogen-bond donors (Lipinski definition) is 3. The minimum Gasteiger partial charge on any atom is -0.494 e. The van der Waals surface area contributed by atoms with E-state index < -0.39 is 18.4 Å². The van der Waals surface area contributed by atoms with E-state index >= 15 is 0 Å². The smallest absolute Gasteiger partial charge is 0.322 e. The number of thioether (sulfide) groups is 1. The van der Waals surface area contributed by atoms with E-state index in [1.54, 1.807) is 6.07 Å². The molecule has 1 aromatic rings. The van der Waals surface area contributed by atoms with Crippen molar-refractivity contribution in [3.8, 4) is 5.75 Å². The zero-order chi connectivity index (χ0) is 20.8. The second-order valence-corrected chi connectivity index (χ2v) is 8.00. The van der Waals surface area contributed by atoms with Crippen molar-refractivity contribution < 1.29 is 19.4 Å². The second kappa shape index (κ2) is 14.7. The lowest BCUT2D eigenvalue weighted by molar-refractivity contribution is -0.135. The van der Waals surface area contributed by atoms with Gasteiger partial charge in [0.25, 0.3) is 5.91 Å². The monoisotopic (exact) mass is 415 g/mol. The van der Waals surface area contributed by atoms with Crippen molar-refractivity contribution >= 4 is 36.3 Å². The van der Waals surface area contributed by atoms with E-state index in [4.69, 9.17) is 9.84 Å². The summed E-state index contributed by atoms with van der Waals surface area (Å²) in [4.78, 5) is 22.8. The van der Waals surface area contributed by atoms with Gasteiger partial charge in [-0.1, -0.05) is 33.8 Å². The Morgan fingerprint density at radius 1 is 1.30 bits per heavy atom. The summed E-state index contributed by atoms with van der Waals surface area (Å²) in [5, 5.41) is 11.1. The molecule has 1 amide bonds. The SMILES string of the molecule is CC(CS)CCOc1ccc(C(C)C)c(C(=O)NCC(=O)O)c1.CCSC. The summed E-state index contributed by atoms with van der Waals surface area (Å²) in [5.74, 6) is 1.80. The molecule has 0 saturated heterocycles. The molecule has 7 heteroatoms. The molecule has 0 radical (unpaired) electrons. The van der Waals surface area contributed by atoms with Crippen molar-refractivity contribution in [1.82, 2.24) is 5.32 Å². The van der Waals surface area contributed by atoms with Crippen LogP contribution in [0.15, 0.2) is 18.2 Å². The third-order valence-electron chi connectivity index (χ3n) is 3.77. The molecule has 1 atom stereocenters. The third-order valence-corrected chi connectivity index (χ3v) is 4.97. The highest BCUT2D eigenvalue weighted by Crippen LogP contribution is 2.24. The molecule has 0 spiro atoms. The van der Waals surface area contributed by atoms with Crippen LogP contribution in [-0.4, -0.2) is 47.9 Å². The number of carboxylic acid groups (broad SMARTS) is 1. The predicted octanol–water partition coefficient (Wildman–Crippen LogP) is 4.33. The maximum absolute atomic E-state index is 12.2. The number of aliphatic carboxylic acids is 1. The normalized spacial score (nSPS) is 11.4. The molecule has 5 nitrogen and oxygen atoms in total. The first-order chi connectivity index (χ1) is 12.8. The molecule has 0 aliphatic rings. The zero-order valence-corrected chi connectivity index (χ0v) is 18.7. The van der Waals surface area contributed by atoms with Crippen molar-refractivity contribution in [3.63, 3.8) is 0 Å². The summed E-state index contributed by atoms with van der Waals surface area (Å²) in [5.41, 5.74) is 1.32. The van der Waals surface area contributed by atoms with E-state index in [-0.39, 0.29) is 5.92 Å². The fourth-order valence-corrected chi connectivity index (χ4v) is 2.23. The van der Waals surface area contributed by atoms with Gasteiger partial charge in [0, 0.05) is 5.56 Å². The quantitative estimate of drug-likeness (QED) is 0.496.